The molecule has 0 aliphatic heterocycles. The number of anilines is 1. The molecule has 0 saturated carbocycles. The fourth-order valence-corrected chi connectivity index (χ4v) is 1.40. The number of benzene rings is 1. The van der Waals surface area contributed by atoms with Crippen LogP contribution < -0.4 is 11.1 Å². The highest BCUT2D eigenvalue weighted by Crippen LogP contribution is 2.05. The van der Waals surface area contributed by atoms with E-state index in [0.29, 0.717) is 37.2 Å². The molecule has 1 amide bonds. The molecule has 0 aromatic heterocycles. The van der Waals surface area contributed by atoms with Crippen LogP contribution in [0.2, 0.25) is 0 Å². The molecule has 0 radical (unpaired) electrons. The molecule has 0 unspecified atom stereocenters. The molecule has 1 rings (SSSR count). The molecule has 0 heterocycles. The molecule has 19 heavy (non-hydrogen) atoms. The molecule has 0 fully saturated rings. The summed E-state index contributed by atoms with van der Waals surface area (Å²) in [6, 6.07) is 6.67. The van der Waals surface area contributed by atoms with Crippen LogP contribution in [0.25, 0.3) is 0 Å². The van der Waals surface area contributed by atoms with Gasteiger partial charge < -0.3 is 15.8 Å². The van der Waals surface area contributed by atoms with Crippen LogP contribution in [0, 0.1) is 0 Å². The summed E-state index contributed by atoms with van der Waals surface area (Å²) in [6.45, 7) is 2.60. The predicted octanol–water partition coefficient (Wildman–Crippen LogP) is 1.76. The van der Waals surface area contributed by atoms with Crippen molar-refractivity contribution in [2.24, 2.45) is 0 Å². The van der Waals surface area contributed by atoms with Crippen LogP contribution in [0.5, 0.6) is 0 Å². The standard InChI is InChI=1S/C13H18N2O3.ClH/c1-2-18-12(16)4-3-9-15-13(17)10-5-7-11(14)8-6-10;/h5-8H,2-4,9,14H2,1H3,(H,15,17);1H. The summed E-state index contributed by atoms with van der Waals surface area (Å²) < 4.78 is 4.78. The van der Waals surface area contributed by atoms with E-state index in [1.807, 2.05) is 0 Å². The van der Waals surface area contributed by atoms with Crippen molar-refractivity contribution >= 4 is 30.0 Å². The van der Waals surface area contributed by atoms with Crippen molar-refractivity contribution in [1.29, 1.82) is 0 Å². The van der Waals surface area contributed by atoms with E-state index in [0.717, 1.165) is 0 Å². The molecule has 0 saturated heterocycles. The first-order valence-electron chi connectivity index (χ1n) is 5.93. The third-order valence-electron chi connectivity index (χ3n) is 2.32. The number of nitrogen functional groups attached to an aromatic ring is 1. The topological polar surface area (TPSA) is 81.4 Å². The summed E-state index contributed by atoms with van der Waals surface area (Å²) in [5, 5.41) is 2.73. The van der Waals surface area contributed by atoms with Gasteiger partial charge in [0.2, 0.25) is 0 Å². The van der Waals surface area contributed by atoms with Crippen LogP contribution in [-0.4, -0.2) is 25.0 Å². The Morgan fingerprint density at radius 2 is 1.89 bits per heavy atom. The minimum Gasteiger partial charge on any atom is -0.466 e. The number of halogens is 1. The number of hydrogen-bond donors (Lipinski definition) is 2. The zero-order chi connectivity index (χ0) is 13.4. The number of hydrogen-bond acceptors (Lipinski definition) is 4. The molecular formula is C13H19ClN2O3. The number of ether oxygens (including phenoxy) is 1. The van der Waals surface area contributed by atoms with E-state index in [-0.39, 0.29) is 24.3 Å². The zero-order valence-corrected chi connectivity index (χ0v) is 11.7. The lowest BCUT2D eigenvalue weighted by Crippen LogP contribution is -2.25. The molecule has 1 aromatic rings. The Kier molecular flexibility index (Phi) is 8.37. The summed E-state index contributed by atoms with van der Waals surface area (Å²) in [6.07, 6.45) is 0.884. The van der Waals surface area contributed by atoms with Crippen LogP contribution in [0.1, 0.15) is 30.1 Å². The van der Waals surface area contributed by atoms with E-state index in [9.17, 15) is 9.59 Å². The number of amides is 1. The van der Waals surface area contributed by atoms with Crippen molar-refractivity contribution in [2.75, 3.05) is 18.9 Å². The summed E-state index contributed by atoms with van der Waals surface area (Å²) in [4.78, 5) is 22.7. The third-order valence-corrected chi connectivity index (χ3v) is 2.32. The fraction of sp³-hybridized carbons (Fsp3) is 0.385. The van der Waals surface area contributed by atoms with E-state index in [4.69, 9.17) is 10.5 Å². The van der Waals surface area contributed by atoms with Gasteiger partial charge >= 0.3 is 5.97 Å². The molecule has 106 valence electrons. The van der Waals surface area contributed by atoms with Gasteiger partial charge in [0.25, 0.3) is 5.91 Å². The number of carbonyl (C=O) groups excluding carboxylic acids is 2. The van der Waals surface area contributed by atoms with Gasteiger partial charge in [-0.25, -0.2) is 0 Å². The van der Waals surface area contributed by atoms with Gasteiger partial charge in [-0.05, 0) is 37.6 Å². The van der Waals surface area contributed by atoms with Gasteiger partial charge in [-0.3, -0.25) is 9.59 Å². The zero-order valence-electron chi connectivity index (χ0n) is 10.8. The van der Waals surface area contributed by atoms with Crippen LogP contribution in [0.3, 0.4) is 0 Å². The number of nitrogens with one attached hydrogen (secondary N) is 1. The first-order chi connectivity index (χ1) is 8.63. The minimum absolute atomic E-state index is 0. The highest BCUT2D eigenvalue weighted by Gasteiger charge is 2.05. The third kappa shape index (κ3) is 6.67. The number of carbonyl (C=O) groups is 2. The number of esters is 1. The van der Waals surface area contributed by atoms with Crippen LogP contribution in [-0.2, 0) is 9.53 Å². The number of rotatable bonds is 6. The Bertz CT molecular complexity index is 407. The molecule has 0 aliphatic carbocycles. The largest absolute Gasteiger partial charge is 0.466 e. The smallest absolute Gasteiger partial charge is 0.305 e. The van der Waals surface area contributed by atoms with Crippen LogP contribution in [0.15, 0.2) is 24.3 Å². The Morgan fingerprint density at radius 1 is 1.26 bits per heavy atom. The van der Waals surface area contributed by atoms with Crippen molar-refractivity contribution in [2.45, 2.75) is 19.8 Å². The normalized spacial score (nSPS) is 9.32. The lowest BCUT2D eigenvalue weighted by atomic mass is 10.2. The van der Waals surface area contributed by atoms with Crippen molar-refractivity contribution in [3.63, 3.8) is 0 Å². The molecule has 5 nitrogen and oxygen atoms in total. The lowest BCUT2D eigenvalue weighted by Gasteiger charge is -2.05. The van der Waals surface area contributed by atoms with Gasteiger partial charge in [-0.1, -0.05) is 0 Å². The maximum absolute atomic E-state index is 11.7. The molecule has 0 bridgehead atoms. The van der Waals surface area contributed by atoms with Gasteiger partial charge in [0, 0.05) is 24.2 Å². The van der Waals surface area contributed by atoms with Crippen LogP contribution in [0.4, 0.5) is 5.69 Å². The second kappa shape index (κ2) is 9.22. The summed E-state index contributed by atoms with van der Waals surface area (Å²) in [5.74, 6) is -0.405. The highest BCUT2D eigenvalue weighted by molar-refractivity contribution is 5.94. The summed E-state index contributed by atoms with van der Waals surface area (Å²) >= 11 is 0. The summed E-state index contributed by atoms with van der Waals surface area (Å²) in [7, 11) is 0. The van der Waals surface area contributed by atoms with E-state index >= 15 is 0 Å². The minimum atomic E-state index is -0.237. The van der Waals surface area contributed by atoms with Gasteiger partial charge in [-0.2, -0.15) is 0 Å². The fourth-order valence-electron chi connectivity index (χ4n) is 1.40. The molecule has 1 aromatic carbocycles. The second-order valence-electron chi connectivity index (χ2n) is 3.79. The Balaban J connectivity index is 0.00000324. The monoisotopic (exact) mass is 286 g/mol. The molecule has 0 atom stereocenters. The quantitative estimate of drug-likeness (QED) is 0.474. The predicted molar refractivity (Wildman–Crippen MR) is 76.3 cm³/mol. The van der Waals surface area contributed by atoms with Gasteiger partial charge in [0.05, 0.1) is 6.61 Å². The number of nitrogens with two attached hydrogens (primary N) is 1. The van der Waals surface area contributed by atoms with Crippen molar-refractivity contribution in [1.82, 2.24) is 5.32 Å². The maximum atomic E-state index is 11.7. The molecule has 0 aliphatic rings. The van der Waals surface area contributed by atoms with Gasteiger partial charge in [0.1, 0.15) is 0 Å². The highest BCUT2D eigenvalue weighted by atomic mass is 35.5. The van der Waals surface area contributed by atoms with E-state index < -0.39 is 0 Å². The SMILES string of the molecule is CCOC(=O)CCCNC(=O)c1ccc(N)cc1.Cl. The van der Waals surface area contributed by atoms with Gasteiger partial charge in [-0.15, -0.1) is 12.4 Å². The average molecular weight is 287 g/mol. The lowest BCUT2D eigenvalue weighted by molar-refractivity contribution is -0.143. The van der Waals surface area contributed by atoms with E-state index in [2.05, 4.69) is 5.32 Å². The Hall–Kier alpha value is -1.75. The Labute approximate surface area is 118 Å². The molecule has 0 spiro atoms. The average Bonchev–Trinajstić information content (AvgIpc) is 2.35. The van der Waals surface area contributed by atoms with Gasteiger partial charge in [0.15, 0.2) is 0 Å². The van der Waals surface area contributed by atoms with Crippen molar-refractivity contribution in [3.8, 4) is 0 Å². The molecular weight excluding hydrogens is 268 g/mol. The molecule has 3 N–H and O–H groups in total. The van der Waals surface area contributed by atoms with Crippen molar-refractivity contribution in [3.05, 3.63) is 29.8 Å². The molecule has 6 heteroatoms. The summed E-state index contributed by atoms with van der Waals surface area (Å²) in [5.41, 5.74) is 6.70. The maximum Gasteiger partial charge on any atom is 0.305 e. The Morgan fingerprint density at radius 3 is 2.47 bits per heavy atom. The van der Waals surface area contributed by atoms with E-state index in [1.54, 1.807) is 31.2 Å². The van der Waals surface area contributed by atoms with Crippen LogP contribution >= 0.6 is 12.4 Å². The van der Waals surface area contributed by atoms with Crippen molar-refractivity contribution < 1.29 is 14.3 Å². The van der Waals surface area contributed by atoms with E-state index in [1.165, 1.54) is 0 Å². The first kappa shape index (κ1) is 17.2. The first-order valence-corrected chi connectivity index (χ1v) is 5.93. The second-order valence-corrected chi connectivity index (χ2v) is 3.79.